The Hall–Kier alpha value is -2.50. The minimum atomic E-state index is -0.689. The van der Waals surface area contributed by atoms with Crippen molar-refractivity contribution in [3.05, 3.63) is 59.4 Å². The summed E-state index contributed by atoms with van der Waals surface area (Å²) in [5.74, 6) is -1.31. The van der Waals surface area contributed by atoms with Gasteiger partial charge < -0.3 is 9.64 Å². The molecule has 0 fully saturated rings. The van der Waals surface area contributed by atoms with Crippen LogP contribution in [-0.4, -0.2) is 19.1 Å². The highest BCUT2D eigenvalue weighted by Gasteiger charge is 2.27. The van der Waals surface area contributed by atoms with Crippen molar-refractivity contribution in [2.45, 2.75) is 19.3 Å². The number of anilines is 1. The van der Waals surface area contributed by atoms with Gasteiger partial charge in [-0.25, -0.2) is 13.2 Å². The molecule has 1 amide bonds. The first-order chi connectivity index (χ1) is 11.5. The molecule has 1 heterocycles. The molecule has 2 aromatic rings. The van der Waals surface area contributed by atoms with Crippen LogP contribution in [0.25, 0.3) is 0 Å². The Bertz CT molecular complexity index is 747. The van der Waals surface area contributed by atoms with Crippen molar-refractivity contribution in [1.82, 2.24) is 0 Å². The fourth-order valence-corrected chi connectivity index (χ4v) is 2.76. The third-order valence-electron chi connectivity index (χ3n) is 3.93. The van der Waals surface area contributed by atoms with Crippen LogP contribution in [-0.2, 0) is 11.2 Å². The summed E-state index contributed by atoms with van der Waals surface area (Å²) < 4.78 is 45.2. The lowest BCUT2D eigenvalue weighted by Gasteiger charge is -2.17. The number of amides is 1. The summed E-state index contributed by atoms with van der Waals surface area (Å²) in [7, 11) is 0. The Morgan fingerprint density at radius 2 is 1.83 bits per heavy atom. The van der Waals surface area contributed by atoms with E-state index in [-0.39, 0.29) is 18.1 Å². The molecule has 126 valence electrons. The monoisotopic (exact) mass is 335 g/mol. The number of carbonyl (C=O) groups excluding carboxylic acids is 1. The van der Waals surface area contributed by atoms with Crippen LogP contribution in [0.5, 0.6) is 5.75 Å². The van der Waals surface area contributed by atoms with Gasteiger partial charge in [0.05, 0.1) is 12.3 Å². The van der Waals surface area contributed by atoms with Crippen molar-refractivity contribution < 1.29 is 22.7 Å². The first-order valence-electron chi connectivity index (χ1n) is 7.71. The fourth-order valence-electron chi connectivity index (χ4n) is 2.76. The summed E-state index contributed by atoms with van der Waals surface area (Å²) in [5, 5.41) is 0. The van der Waals surface area contributed by atoms with Crippen molar-refractivity contribution in [1.29, 1.82) is 0 Å². The number of carbonyl (C=O) groups is 1. The molecule has 24 heavy (non-hydrogen) atoms. The van der Waals surface area contributed by atoms with Gasteiger partial charge >= 0.3 is 0 Å². The maximum Gasteiger partial charge on any atom is 0.227 e. The second-order valence-corrected chi connectivity index (χ2v) is 5.59. The van der Waals surface area contributed by atoms with Gasteiger partial charge in [0.25, 0.3) is 0 Å². The Labute approximate surface area is 137 Å². The first kappa shape index (κ1) is 16.4. The van der Waals surface area contributed by atoms with Crippen LogP contribution < -0.4 is 9.64 Å². The van der Waals surface area contributed by atoms with Crippen molar-refractivity contribution in [2.24, 2.45) is 0 Å². The molecule has 1 aliphatic rings. The second kappa shape index (κ2) is 6.95. The molecule has 0 N–H and O–H groups in total. The molecular formula is C18H16F3NO2. The molecule has 0 saturated heterocycles. The van der Waals surface area contributed by atoms with Crippen molar-refractivity contribution >= 4 is 11.6 Å². The Balaban J connectivity index is 1.53. The van der Waals surface area contributed by atoms with E-state index in [1.165, 1.54) is 35.2 Å². The van der Waals surface area contributed by atoms with Crippen LogP contribution in [0.3, 0.4) is 0 Å². The van der Waals surface area contributed by atoms with Gasteiger partial charge in [-0.05, 0) is 43.2 Å². The minimum absolute atomic E-state index is 0.193. The van der Waals surface area contributed by atoms with E-state index in [0.29, 0.717) is 43.0 Å². The zero-order chi connectivity index (χ0) is 17.1. The van der Waals surface area contributed by atoms with Crippen LogP contribution in [0.2, 0.25) is 0 Å². The SMILES string of the molecule is O=C(CCCOc1ccc(F)cc1)N1CCc2c(F)cc(F)cc21. The third-order valence-corrected chi connectivity index (χ3v) is 3.93. The van der Waals surface area contributed by atoms with Crippen LogP contribution in [0, 0.1) is 17.5 Å². The lowest BCUT2D eigenvalue weighted by molar-refractivity contribution is -0.118. The number of halogens is 3. The standard InChI is InChI=1S/C18H16F3NO2/c19-12-3-5-14(6-4-12)24-9-1-2-18(23)22-8-7-15-16(21)10-13(20)11-17(15)22/h3-6,10-11H,1-2,7-9H2. The average molecular weight is 335 g/mol. The van der Waals surface area contributed by atoms with Crippen LogP contribution in [0.4, 0.5) is 18.9 Å². The minimum Gasteiger partial charge on any atom is -0.494 e. The van der Waals surface area contributed by atoms with Gasteiger partial charge in [0.1, 0.15) is 23.2 Å². The molecule has 0 aliphatic carbocycles. The van der Waals surface area contributed by atoms with E-state index in [0.717, 1.165) is 6.07 Å². The Morgan fingerprint density at radius 1 is 1.08 bits per heavy atom. The average Bonchev–Trinajstić information content (AvgIpc) is 2.97. The van der Waals surface area contributed by atoms with Gasteiger partial charge in [0.2, 0.25) is 5.91 Å². The van der Waals surface area contributed by atoms with Gasteiger partial charge in [0.15, 0.2) is 0 Å². The third kappa shape index (κ3) is 3.53. The number of hydrogen-bond donors (Lipinski definition) is 0. The lowest BCUT2D eigenvalue weighted by atomic mass is 10.1. The molecule has 0 aromatic heterocycles. The normalized spacial score (nSPS) is 13.0. The molecule has 0 atom stereocenters. The van der Waals surface area contributed by atoms with Crippen LogP contribution in [0.1, 0.15) is 18.4 Å². The molecule has 0 spiro atoms. The predicted octanol–water partition coefficient (Wildman–Crippen LogP) is 3.85. The molecule has 0 unspecified atom stereocenters. The smallest absolute Gasteiger partial charge is 0.227 e. The molecule has 2 aromatic carbocycles. The van der Waals surface area contributed by atoms with E-state index in [1.807, 2.05) is 0 Å². The van der Waals surface area contributed by atoms with E-state index in [2.05, 4.69) is 0 Å². The molecule has 6 heteroatoms. The molecular weight excluding hydrogens is 319 g/mol. The highest BCUT2D eigenvalue weighted by atomic mass is 19.1. The molecule has 3 nitrogen and oxygen atoms in total. The van der Waals surface area contributed by atoms with Crippen molar-refractivity contribution in [2.75, 3.05) is 18.1 Å². The molecule has 0 saturated carbocycles. The summed E-state index contributed by atoms with van der Waals surface area (Å²) in [6, 6.07) is 7.65. The predicted molar refractivity (Wildman–Crippen MR) is 83.5 cm³/mol. The van der Waals surface area contributed by atoms with E-state index in [9.17, 15) is 18.0 Å². The second-order valence-electron chi connectivity index (χ2n) is 5.59. The zero-order valence-electron chi connectivity index (χ0n) is 12.9. The number of fused-ring (bicyclic) bond motifs is 1. The topological polar surface area (TPSA) is 29.5 Å². The molecule has 3 rings (SSSR count). The Morgan fingerprint density at radius 3 is 2.58 bits per heavy atom. The van der Waals surface area contributed by atoms with Gasteiger partial charge in [-0.1, -0.05) is 0 Å². The van der Waals surface area contributed by atoms with E-state index in [4.69, 9.17) is 4.74 Å². The van der Waals surface area contributed by atoms with Crippen molar-refractivity contribution in [3.8, 4) is 5.75 Å². The molecule has 1 aliphatic heterocycles. The summed E-state index contributed by atoms with van der Waals surface area (Å²) in [6.07, 6.45) is 1.05. The van der Waals surface area contributed by atoms with E-state index >= 15 is 0 Å². The maximum atomic E-state index is 13.7. The number of rotatable bonds is 5. The number of benzene rings is 2. The molecule has 0 bridgehead atoms. The Kier molecular flexibility index (Phi) is 4.74. The summed E-state index contributed by atoms with van der Waals surface area (Å²) in [6.45, 7) is 0.656. The number of nitrogens with zero attached hydrogens (tertiary/aromatic N) is 1. The zero-order valence-corrected chi connectivity index (χ0v) is 12.9. The number of hydrogen-bond acceptors (Lipinski definition) is 2. The number of ether oxygens (including phenoxy) is 1. The van der Waals surface area contributed by atoms with E-state index in [1.54, 1.807) is 0 Å². The quantitative estimate of drug-likeness (QED) is 0.777. The largest absolute Gasteiger partial charge is 0.494 e. The van der Waals surface area contributed by atoms with Gasteiger partial charge in [0, 0.05) is 24.6 Å². The van der Waals surface area contributed by atoms with Crippen molar-refractivity contribution in [3.63, 3.8) is 0 Å². The lowest BCUT2D eigenvalue weighted by Crippen LogP contribution is -2.29. The summed E-state index contributed by atoms with van der Waals surface area (Å²) in [4.78, 5) is 13.7. The highest BCUT2D eigenvalue weighted by Crippen LogP contribution is 2.31. The summed E-state index contributed by atoms with van der Waals surface area (Å²) >= 11 is 0. The van der Waals surface area contributed by atoms with Crippen LogP contribution >= 0.6 is 0 Å². The first-order valence-corrected chi connectivity index (χ1v) is 7.71. The summed E-state index contributed by atoms with van der Waals surface area (Å²) in [5.41, 5.74) is 0.698. The molecule has 0 radical (unpaired) electrons. The maximum absolute atomic E-state index is 13.7. The van der Waals surface area contributed by atoms with Gasteiger partial charge in [-0.15, -0.1) is 0 Å². The highest BCUT2D eigenvalue weighted by molar-refractivity contribution is 5.95. The van der Waals surface area contributed by atoms with Gasteiger partial charge in [-0.2, -0.15) is 0 Å². The van der Waals surface area contributed by atoms with E-state index < -0.39 is 11.6 Å². The fraction of sp³-hybridized carbons (Fsp3) is 0.278. The van der Waals surface area contributed by atoms with Crippen LogP contribution in [0.15, 0.2) is 36.4 Å². The van der Waals surface area contributed by atoms with Gasteiger partial charge in [-0.3, -0.25) is 4.79 Å².